The Morgan fingerprint density at radius 1 is 1.53 bits per heavy atom. The number of hydrogen-bond donors (Lipinski definition) is 1. The highest BCUT2D eigenvalue weighted by atomic mass is 16.5. The van der Waals surface area contributed by atoms with E-state index >= 15 is 0 Å². The normalized spacial score (nSPS) is 19.5. The van der Waals surface area contributed by atoms with Crippen LogP contribution in [0.3, 0.4) is 0 Å². The van der Waals surface area contributed by atoms with E-state index in [1.807, 2.05) is 6.07 Å². The van der Waals surface area contributed by atoms with Gasteiger partial charge in [0, 0.05) is 6.42 Å². The largest absolute Gasteiger partial charge is 0.507 e. The molecule has 80 valence electrons. The summed E-state index contributed by atoms with van der Waals surface area (Å²) in [4.78, 5) is 11.6. The van der Waals surface area contributed by atoms with Gasteiger partial charge in [-0.15, -0.1) is 0 Å². The monoisotopic (exact) mass is 206 g/mol. The topological polar surface area (TPSA) is 46.5 Å². The zero-order valence-corrected chi connectivity index (χ0v) is 8.69. The lowest BCUT2D eigenvalue weighted by Crippen LogP contribution is -2.27. The smallest absolute Gasteiger partial charge is 0.342 e. The van der Waals surface area contributed by atoms with Gasteiger partial charge in [0.1, 0.15) is 17.4 Å². The van der Waals surface area contributed by atoms with Crippen molar-refractivity contribution < 1.29 is 14.6 Å². The molecule has 0 saturated carbocycles. The summed E-state index contributed by atoms with van der Waals surface area (Å²) in [7, 11) is 0. The molecule has 0 bridgehead atoms. The molecule has 1 aliphatic heterocycles. The molecule has 0 unspecified atom stereocenters. The number of esters is 1. The van der Waals surface area contributed by atoms with Crippen LogP contribution in [0.5, 0.6) is 5.75 Å². The molecule has 1 atom stereocenters. The second-order valence-corrected chi connectivity index (χ2v) is 3.83. The first-order valence-corrected chi connectivity index (χ1v) is 5.24. The molecule has 0 radical (unpaired) electrons. The third kappa shape index (κ3) is 1.82. The van der Waals surface area contributed by atoms with Crippen LogP contribution in [0.4, 0.5) is 0 Å². The first-order chi connectivity index (χ1) is 7.22. The number of rotatable bonds is 2. The third-order valence-electron chi connectivity index (χ3n) is 2.66. The lowest BCUT2D eigenvalue weighted by molar-refractivity contribution is 0.0232. The van der Waals surface area contributed by atoms with Gasteiger partial charge in [-0.25, -0.2) is 4.79 Å². The van der Waals surface area contributed by atoms with Crippen LogP contribution in [0.2, 0.25) is 0 Å². The summed E-state index contributed by atoms with van der Waals surface area (Å²) in [6.07, 6.45) is 2.55. The fraction of sp³-hybridized carbons (Fsp3) is 0.417. The average Bonchev–Trinajstić information content (AvgIpc) is 2.17. The predicted molar refractivity (Wildman–Crippen MR) is 55.9 cm³/mol. The maximum absolute atomic E-state index is 11.6. The Labute approximate surface area is 88.7 Å². The van der Waals surface area contributed by atoms with E-state index in [2.05, 4.69) is 6.92 Å². The zero-order valence-electron chi connectivity index (χ0n) is 8.69. The Morgan fingerprint density at radius 3 is 3.07 bits per heavy atom. The standard InChI is InChI=1S/C12H14O3/c1-2-4-9-7-8-5-3-6-10(13)11(8)12(14)15-9/h3,5-6,9,13H,2,4,7H2,1H3/t9-/m1/s1. The van der Waals surface area contributed by atoms with Crippen LogP contribution in [-0.4, -0.2) is 17.2 Å². The van der Waals surface area contributed by atoms with E-state index in [-0.39, 0.29) is 11.9 Å². The number of phenols is 1. The molecule has 3 heteroatoms. The molecule has 1 N–H and O–H groups in total. The van der Waals surface area contributed by atoms with Crippen molar-refractivity contribution in [3.8, 4) is 5.75 Å². The number of phenolic OH excluding ortho intramolecular Hbond substituents is 1. The van der Waals surface area contributed by atoms with Crippen LogP contribution in [-0.2, 0) is 11.2 Å². The molecule has 1 aliphatic rings. The molecule has 1 aromatic rings. The summed E-state index contributed by atoms with van der Waals surface area (Å²) in [5, 5.41) is 9.54. The van der Waals surface area contributed by atoms with Crippen LogP contribution in [0.25, 0.3) is 0 Å². The van der Waals surface area contributed by atoms with Crippen LogP contribution >= 0.6 is 0 Å². The van der Waals surface area contributed by atoms with Gasteiger partial charge in [-0.3, -0.25) is 0 Å². The summed E-state index contributed by atoms with van der Waals surface area (Å²) in [6, 6.07) is 5.15. The molecule has 3 nitrogen and oxygen atoms in total. The van der Waals surface area contributed by atoms with E-state index in [0.717, 1.165) is 18.4 Å². The van der Waals surface area contributed by atoms with Crippen molar-refractivity contribution in [2.45, 2.75) is 32.3 Å². The van der Waals surface area contributed by atoms with Gasteiger partial charge in [-0.05, 0) is 18.1 Å². The number of aromatic hydroxyl groups is 1. The van der Waals surface area contributed by atoms with Gasteiger partial charge in [-0.2, -0.15) is 0 Å². The van der Waals surface area contributed by atoms with Crippen molar-refractivity contribution >= 4 is 5.97 Å². The van der Waals surface area contributed by atoms with Crippen LogP contribution in [0.15, 0.2) is 18.2 Å². The molecule has 2 rings (SSSR count). The maximum atomic E-state index is 11.6. The van der Waals surface area contributed by atoms with E-state index < -0.39 is 5.97 Å². The number of fused-ring (bicyclic) bond motifs is 1. The Balaban J connectivity index is 2.32. The highest BCUT2D eigenvalue weighted by Crippen LogP contribution is 2.29. The molecule has 0 saturated heterocycles. The summed E-state index contributed by atoms with van der Waals surface area (Å²) in [5.74, 6) is -0.375. The molecular formula is C12H14O3. The van der Waals surface area contributed by atoms with Crippen LogP contribution in [0.1, 0.15) is 35.7 Å². The Morgan fingerprint density at radius 2 is 2.33 bits per heavy atom. The number of benzene rings is 1. The molecule has 0 fully saturated rings. The highest BCUT2D eigenvalue weighted by molar-refractivity contribution is 5.95. The predicted octanol–water partition coefficient (Wildman–Crippen LogP) is 2.27. The van der Waals surface area contributed by atoms with Crippen LogP contribution < -0.4 is 0 Å². The summed E-state index contributed by atoms with van der Waals surface area (Å²) in [5.41, 5.74) is 1.23. The third-order valence-corrected chi connectivity index (χ3v) is 2.66. The molecule has 0 amide bonds. The van der Waals surface area contributed by atoms with Gasteiger partial charge in [0.2, 0.25) is 0 Å². The van der Waals surface area contributed by atoms with Crippen molar-refractivity contribution in [1.29, 1.82) is 0 Å². The first-order valence-electron chi connectivity index (χ1n) is 5.24. The SMILES string of the molecule is CCC[C@@H]1Cc2cccc(O)c2C(=O)O1. The van der Waals surface area contributed by atoms with Gasteiger partial charge >= 0.3 is 5.97 Å². The molecule has 0 aromatic heterocycles. The minimum atomic E-state index is -0.396. The van der Waals surface area contributed by atoms with Crippen LogP contribution in [0, 0.1) is 0 Å². The fourth-order valence-corrected chi connectivity index (χ4v) is 1.97. The summed E-state index contributed by atoms with van der Waals surface area (Å²) in [6.45, 7) is 2.06. The summed E-state index contributed by atoms with van der Waals surface area (Å²) >= 11 is 0. The van der Waals surface area contributed by atoms with Gasteiger partial charge < -0.3 is 9.84 Å². The van der Waals surface area contributed by atoms with E-state index in [0.29, 0.717) is 12.0 Å². The first kappa shape index (κ1) is 10.0. The van der Waals surface area contributed by atoms with Crippen molar-refractivity contribution in [2.24, 2.45) is 0 Å². The van der Waals surface area contributed by atoms with Crippen molar-refractivity contribution in [2.75, 3.05) is 0 Å². The second kappa shape index (κ2) is 3.93. The Kier molecular flexibility index (Phi) is 2.62. The minimum absolute atomic E-state index is 0.0208. The summed E-state index contributed by atoms with van der Waals surface area (Å²) < 4.78 is 5.24. The second-order valence-electron chi connectivity index (χ2n) is 3.83. The van der Waals surface area contributed by atoms with Gasteiger partial charge in [0.25, 0.3) is 0 Å². The van der Waals surface area contributed by atoms with Crippen molar-refractivity contribution in [1.82, 2.24) is 0 Å². The van der Waals surface area contributed by atoms with Gasteiger partial charge in [-0.1, -0.05) is 25.5 Å². The molecular weight excluding hydrogens is 192 g/mol. The molecule has 1 heterocycles. The lowest BCUT2D eigenvalue weighted by Gasteiger charge is -2.24. The minimum Gasteiger partial charge on any atom is -0.507 e. The Hall–Kier alpha value is -1.51. The average molecular weight is 206 g/mol. The van der Waals surface area contributed by atoms with E-state index in [1.165, 1.54) is 6.07 Å². The number of cyclic esters (lactones) is 1. The van der Waals surface area contributed by atoms with E-state index in [9.17, 15) is 9.90 Å². The maximum Gasteiger partial charge on any atom is 0.342 e. The number of carbonyl (C=O) groups is 1. The van der Waals surface area contributed by atoms with Crippen molar-refractivity contribution in [3.05, 3.63) is 29.3 Å². The van der Waals surface area contributed by atoms with Crippen molar-refractivity contribution in [3.63, 3.8) is 0 Å². The van der Waals surface area contributed by atoms with Gasteiger partial charge in [0.05, 0.1) is 0 Å². The quantitative estimate of drug-likeness (QED) is 0.755. The molecule has 0 aliphatic carbocycles. The zero-order chi connectivity index (χ0) is 10.8. The molecule has 0 spiro atoms. The highest BCUT2D eigenvalue weighted by Gasteiger charge is 2.27. The van der Waals surface area contributed by atoms with Gasteiger partial charge in [0.15, 0.2) is 0 Å². The number of hydrogen-bond acceptors (Lipinski definition) is 3. The molecule has 1 aromatic carbocycles. The van der Waals surface area contributed by atoms with E-state index in [4.69, 9.17) is 4.74 Å². The lowest BCUT2D eigenvalue weighted by atomic mass is 9.96. The molecule has 15 heavy (non-hydrogen) atoms. The van der Waals surface area contributed by atoms with E-state index in [1.54, 1.807) is 6.07 Å². The fourth-order valence-electron chi connectivity index (χ4n) is 1.97. The number of ether oxygens (including phenoxy) is 1. The Bertz CT molecular complexity index is 384. The number of carbonyl (C=O) groups excluding carboxylic acids is 1.